The smallest absolute Gasteiger partial charge is 0.327 e. The molecule has 2 nitrogen and oxygen atoms in total. The van der Waals surface area contributed by atoms with Crippen LogP contribution in [0.1, 0.15) is 49.7 Å². The van der Waals surface area contributed by atoms with Crippen molar-refractivity contribution in [3.8, 4) is 11.1 Å². The van der Waals surface area contributed by atoms with Crippen LogP contribution in [0.2, 0.25) is 0 Å². The lowest BCUT2D eigenvalue weighted by Gasteiger charge is -2.52. The first-order valence-corrected chi connectivity index (χ1v) is 12.3. The molecule has 2 saturated carbocycles. The van der Waals surface area contributed by atoms with Crippen molar-refractivity contribution in [1.29, 1.82) is 0 Å². The molecule has 0 amide bonds. The number of rotatable bonds is 2. The molecule has 0 heterocycles. The zero-order valence-corrected chi connectivity index (χ0v) is 19.2. The van der Waals surface area contributed by atoms with Crippen molar-refractivity contribution in [2.45, 2.75) is 68.4 Å². The highest BCUT2D eigenvalue weighted by atomic mass is 19.4. The minimum atomic E-state index is -4.46. The van der Waals surface area contributed by atoms with Gasteiger partial charge >= 0.3 is 12.4 Å². The quantitative estimate of drug-likeness (QED) is 0.463. The van der Waals surface area contributed by atoms with E-state index in [1.165, 1.54) is 0 Å². The Balaban J connectivity index is 1.70. The lowest BCUT2D eigenvalue weighted by Crippen LogP contribution is -2.54. The van der Waals surface area contributed by atoms with Crippen LogP contribution in [0.15, 0.2) is 48.5 Å². The summed E-state index contributed by atoms with van der Waals surface area (Å²) in [6.07, 6.45) is -8.03. The van der Waals surface area contributed by atoms with Gasteiger partial charge in [-0.1, -0.05) is 48.5 Å². The average molecular weight is 497 g/mol. The molecule has 2 fully saturated rings. The van der Waals surface area contributed by atoms with Gasteiger partial charge in [-0.3, -0.25) is 0 Å². The second-order valence-corrected chi connectivity index (χ2v) is 10.6. The Hall–Kier alpha value is -2.06. The van der Waals surface area contributed by atoms with E-state index >= 15 is 0 Å². The second-order valence-electron chi connectivity index (χ2n) is 10.6. The topological polar surface area (TPSA) is 52.0 Å². The Morgan fingerprint density at radius 3 is 1.34 bits per heavy atom. The molecule has 0 radical (unpaired) electrons. The molecule has 3 aliphatic rings. The van der Waals surface area contributed by atoms with E-state index in [0.717, 1.165) is 22.3 Å². The fraction of sp³-hybridized carbons (Fsp3) is 0.556. The van der Waals surface area contributed by atoms with Crippen LogP contribution in [0.3, 0.4) is 0 Å². The zero-order chi connectivity index (χ0) is 25.2. The third-order valence-electron chi connectivity index (χ3n) is 8.97. The zero-order valence-electron chi connectivity index (χ0n) is 19.2. The van der Waals surface area contributed by atoms with Crippen molar-refractivity contribution >= 4 is 0 Å². The number of hydrogen-bond acceptors (Lipinski definition) is 2. The van der Waals surface area contributed by atoms with E-state index in [1.54, 1.807) is 0 Å². The maximum absolute atomic E-state index is 14.0. The van der Waals surface area contributed by atoms with E-state index in [4.69, 9.17) is 11.5 Å². The molecular weight excluding hydrogens is 466 g/mol. The van der Waals surface area contributed by atoms with Crippen LogP contribution in [0, 0.1) is 23.7 Å². The SMILES string of the molecule is NC1CCC(C2(C3CCC(N)C(C(F)(F)F)C3)c3ccccc3-c3ccccc32)CC1C(F)(F)F. The summed E-state index contributed by atoms with van der Waals surface area (Å²) < 4.78 is 84.2. The van der Waals surface area contributed by atoms with E-state index in [2.05, 4.69) is 0 Å². The molecule has 6 atom stereocenters. The summed E-state index contributed by atoms with van der Waals surface area (Å²) in [6, 6.07) is 13.1. The lowest BCUT2D eigenvalue weighted by molar-refractivity contribution is -0.198. The summed E-state index contributed by atoms with van der Waals surface area (Å²) in [4.78, 5) is 0. The third-order valence-corrected chi connectivity index (χ3v) is 8.97. The number of alkyl halides is 6. The van der Waals surface area contributed by atoms with Gasteiger partial charge < -0.3 is 11.5 Å². The molecule has 0 aromatic heterocycles. The van der Waals surface area contributed by atoms with Gasteiger partial charge in [0.2, 0.25) is 0 Å². The molecule has 4 N–H and O–H groups in total. The number of nitrogens with two attached hydrogens (primary N) is 2. The highest BCUT2D eigenvalue weighted by Crippen LogP contribution is 2.63. The minimum absolute atomic E-state index is 0.188. The number of halogens is 6. The standard InChI is InChI=1S/C27H30F6N2/c28-26(29,30)21-13-15(9-11-23(21)34)25(16-10-12-24(35)22(14-16)27(31,32)33)19-7-3-1-5-17(19)18-6-2-4-8-20(18)25/h1-8,15-16,21-24H,9-14,34-35H2. The van der Waals surface area contributed by atoms with Gasteiger partial charge in [-0.05, 0) is 72.6 Å². The van der Waals surface area contributed by atoms with Crippen molar-refractivity contribution in [3.63, 3.8) is 0 Å². The normalized spacial score (nSPS) is 32.7. The fourth-order valence-electron chi connectivity index (χ4n) is 7.48. The Morgan fingerprint density at radius 2 is 0.971 bits per heavy atom. The number of hydrogen-bond donors (Lipinski definition) is 2. The van der Waals surface area contributed by atoms with Crippen LogP contribution in [0.5, 0.6) is 0 Å². The van der Waals surface area contributed by atoms with Gasteiger partial charge in [0.15, 0.2) is 0 Å². The number of benzene rings is 2. The fourth-order valence-corrected chi connectivity index (χ4v) is 7.48. The molecule has 3 aliphatic carbocycles. The van der Waals surface area contributed by atoms with E-state index in [0.29, 0.717) is 12.8 Å². The first kappa shape index (κ1) is 24.6. The van der Waals surface area contributed by atoms with E-state index in [-0.39, 0.29) is 25.7 Å². The molecule has 2 aromatic carbocycles. The maximum atomic E-state index is 14.0. The lowest BCUT2D eigenvalue weighted by atomic mass is 9.52. The van der Waals surface area contributed by atoms with Crippen LogP contribution >= 0.6 is 0 Å². The van der Waals surface area contributed by atoms with Crippen molar-refractivity contribution < 1.29 is 26.3 Å². The highest BCUT2D eigenvalue weighted by molar-refractivity contribution is 5.81. The van der Waals surface area contributed by atoms with E-state index < -0.39 is 53.5 Å². The highest BCUT2D eigenvalue weighted by Gasteiger charge is 2.60. The van der Waals surface area contributed by atoms with Gasteiger partial charge in [0, 0.05) is 17.5 Å². The Kier molecular flexibility index (Phi) is 5.99. The largest absolute Gasteiger partial charge is 0.393 e. The van der Waals surface area contributed by atoms with Crippen LogP contribution in [0.4, 0.5) is 26.3 Å². The van der Waals surface area contributed by atoms with Gasteiger partial charge in [-0.2, -0.15) is 26.3 Å². The second kappa shape index (κ2) is 8.51. The molecule has 8 heteroatoms. The molecule has 0 saturated heterocycles. The Labute approximate surface area is 201 Å². The molecule has 6 unspecified atom stereocenters. The summed E-state index contributed by atoms with van der Waals surface area (Å²) in [6.45, 7) is 0. The maximum Gasteiger partial charge on any atom is 0.393 e. The van der Waals surface area contributed by atoms with Crippen LogP contribution in [-0.4, -0.2) is 24.4 Å². The summed E-state index contributed by atoms with van der Waals surface area (Å²) in [5.41, 5.74) is 14.5. The van der Waals surface area contributed by atoms with Gasteiger partial charge in [0.25, 0.3) is 0 Å². The first-order valence-electron chi connectivity index (χ1n) is 12.3. The molecule has 35 heavy (non-hydrogen) atoms. The molecule has 0 spiro atoms. The molecule has 5 rings (SSSR count). The molecule has 190 valence electrons. The van der Waals surface area contributed by atoms with Crippen LogP contribution in [-0.2, 0) is 5.41 Å². The summed E-state index contributed by atoms with van der Waals surface area (Å²) >= 11 is 0. The molecule has 0 bridgehead atoms. The Morgan fingerprint density at radius 1 is 0.600 bits per heavy atom. The van der Waals surface area contributed by atoms with Gasteiger partial charge in [0.1, 0.15) is 0 Å². The van der Waals surface area contributed by atoms with Crippen molar-refractivity contribution in [2.24, 2.45) is 35.1 Å². The molecule has 2 aromatic rings. The molecular formula is C27H30F6N2. The van der Waals surface area contributed by atoms with E-state index in [1.807, 2.05) is 48.5 Å². The van der Waals surface area contributed by atoms with Crippen molar-refractivity contribution in [1.82, 2.24) is 0 Å². The predicted molar refractivity (Wildman–Crippen MR) is 122 cm³/mol. The predicted octanol–water partition coefficient (Wildman–Crippen LogP) is 6.56. The minimum Gasteiger partial charge on any atom is -0.327 e. The third kappa shape index (κ3) is 3.88. The summed E-state index contributed by atoms with van der Waals surface area (Å²) in [5.74, 6) is -4.32. The van der Waals surface area contributed by atoms with Crippen LogP contribution < -0.4 is 11.5 Å². The molecule has 0 aliphatic heterocycles. The van der Waals surface area contributed by atoms with Gasteiger partial charge in [0.05, 0.1) is 11.8 Å². The summed E-state index contributed by atoms with van der Waals surface area (Å²) in [7, 11) is 0. The summed E-state index contributed by atoms with van der Waals surface area (Å²) in [5, 5.41) is 0. The number of fused-ring (bicyclic) bond motifs is 3. The van der Waals surface area contributed by atoms with Crippen LogP contribution in [0.25, 0.3) is 11.1 Å². The average Bonchev–Trinajstić information content (AvgIpc) is 3.10. The first-order chi connectivity index (χ1) is 16.5. The van der Waals surface area contributed by atoms with E-state index in [9.17, 15) is 26.3 Å². The van der Waals surface area contributed by atoms with Crippen molar-refractivity contribution in [3.05, 3.63) is 59.7 Å². The monoisotopic (exact) mass is 496 g/mol. The Bertz CT molecular complexity index is 992. The van der Waals surface area contributed by atoms with Crippen molar-refractivity contribution in [2.75, 3.05) is 0 Å². The van der Waals surface area contributed by atoms with Gasteiger partial charge in [-0.25, -0.2) is 0 Å². The van der Waals surface area contributed by atoms with Gasteiger partial charge in [-0.15, -0.1) is 0 Å².